The Hall–Kier alpha value is -3.80. The molecule has 1 aliphatic rings. The molecule has 0 spiro atoms. The molecule has 36 heavy (non-hydrogen) atoms. The predicted molar refractivity (Wildman–Crippen MR) is 139 cm³/mol. The van der Waals surface area contributed by atoms with Crippen LogP contribution in [0.25, 0.3) is 0 Å². The minimum atomic E-state index is -1.01. The van der Waals surface area contributed by atoms with Crippen molar-refractivity contribution in [3.63, 3.8) is 0 Å². The molecule has 6 heteroatoms. The van der Waals surface area contributed by atoms with Crippen molar-refractivity contribution in [3.8, 4) is 11.5 Å². The lowest BCUT2D eigenvalue weighted by Gasteiger charge is -2.24. The second kappa shape index (κ2) is 11.3. The molecule has 1 amide bonds. The number of ether oxygens (including phenoxy) is 2. The molecule has 0 fully saturated rings. The molecule has 1 aliphatic heterocycles. The van der Waals surface area contributed by atoms with E-state index in [4.69, 9.17) is 9.47 Å². The van der Waals surface area contributed by atoms with Crippen LogP contribution in [0.4, 0.5) is 0 Å². The number of aryl methyl sites for hydroxylation is 1. The second-order valence-electron chi connectivity index (χ2n) is 9.64. The molecule has 4 rings (SSSR count). The summed E-state index contributed by atoms with van der Waals surface area (Å²) in [5.74, 6) is 0.495. The molecular weight excluding hydrogens is 454 g/mol. The number of carbonyl (C=O) groups is 2. The summed E-state index contributed by atoms with van der Waals surface area (Å²) in [6, 6.07) is 24.0. The number of methoxy groups -OCH3 is 1. The molecule has 0 saturated heterocycles. The first-order valence-corrected chi connectivity index (χ1v) is 12.3. The third-order valence-corrected chi connectivity index (χ3v) is 6.60. The number of carboxylic acid groups (broad SMARTS) is 1. The number of hydrogen-bond donors (Lipinski definition) is 1. The maximum atomic E-state index is 12.9. The summed E-state index contributed by atoms with van der Waals surface area (Å²) in [6.45, 7) is 2.19. The molecule has 3 aromatic rings. The third-order valence-electron chi connectivity index (χ3n) is 6.60. The monoisotopic (exact) mass is 487 g/mol. The van der Waals surface area contributed by atoms with Gasteiger partial charge in [-0.1, -0.05) is 54.6 Å². The van der Waals surface area contributed by atoms with Crippen LogP contribution in [0.2, 0.25) is 0 Å². The van der Waals surface area contributed by atoms with Gasteiger partial charge in [0.1, 0.15) is 23.6 Å². The minimum absolute atomic E-state index is 0.156. The highest BCUT2D eigenvalue weighted by Gasteiger charge is 2.35. The van der Waals surface area contributed by atoms with Gasteiger partial charge in [0, 0.05) is 25.8 Å². The largest absolute Gasteiger partial charge is 0.497 e. The first-order chi connectivity index (χ1) is 17.3. The number of carboxylic acids is 1. The fraction of sp³-hybridized carbons (Fsp3) is 0.333. The van der Waals surface area contributed by atoms with Crippen LogP contribution in [0, 0.1) is 0 Å². The zero-order chi connectivity index (χ0) is 25.5. The summed E-state index contributed by atoms with van der Waals surface area (Å²) in [4.78, 5) is 25.7. The van der Waals surface area contributed by atoms with Gasteiger partial charge >= 0.3 is 5.97 Å². The number of amides is 1. The van der Waals surface area contributed by atoms with Crippen molar-refractivity contribution in [2.75, 3.05) is 20.2 Å². The molecule has 0 radical (unpaired) electrons. The fourth-order valence-corrected chi connectivity index (χ4v) is 4.78. The Bertz CT molecular complexity index is 1190. The van der Waals surface area contributed by atoms with Crippen LogP contribution >= 0.6 is 0 Å². The lowest BCUT2D eigenvalue weighted by atomic mass is 9.91. The quantitative estimate of drug-likeness (QED) is 0.424. The van der Waals surface area contributed by atoms with Gasteiger partial charge in [0.05, 0.1) is 7.11 Å². The number of hydrogen-bond acceptors (Lipinski definition) is 4. The topological polar surface area (TPSA) is 76.1 Å². The summed E-state index contributed by atoms with van der Waals surface area (Å²) in [5.41, 5.74) is 4.18. The van der Waals surface area contributed by atoms with Gasteiger partial charge in [-0.2, -0.15) is 0 Å². The van der Waals surface area contributed by atoms with E-state index in [1.54, 1.807) is 7.11 Å². The average Bonchev–Trinajstić information content (AvgIpc) is 3.20. The van der Waals surface area contributed by atoms with Crippen molar-refractivity contribution < 1.29 is 24.2 Å². The average molecular weight is 488 g/mol. The zero-order valence-electron chi connectivity index (χ0n) is 20.9. The molecule has 0 unspecified atom stereocenters. The van der Waals surface area contributed by atoms with E-state index < -0.39 is 5.97 Å². The fourth-order valence-electron chi connectivity index (χ4n) is 4.78. The Labute approximate surface area is 212 Å². The molecule has 6 nitrogen and oxygen atoms in total. The SMILES string of the molecule is COc1ccc(CCN(CC(=O)O)C(=O)CCc2ccc3c(c2)C[C@@](C)(Cc2ccccc2)O3)cc1. The maximum Gasteiger partial charge on any atom is 0.323 e. The summed E-state index contributed by atoms with van der Waals surface area (Å²) in [5, 5.41) is 9.32. The van der Waals surface area contributed by atoms with Gasteiger partial charge in [0.2, 0.25) is 5.91 Å². The van der Waals surface area contributed by atoms with Crippen LogP contribution in [0.5, 0.6) is 11.5 Å². The lowest BCUT2D eigenvalue weighted by Crippen LogP contribution is -2.37. The highest BCUT2D eigenvalue weighted by molar-refractivity contribution is 5.81. The molecule has 0 aliphatic carbocycles. The van der Waals surface area contributed by atoms with Crippen molar-refractivity contribution >= 4 is 11.9 Å². The number of fused-ring (bicyclic) bond motifs is 1. The Morgan fingerprint density at radius 3 is 2.39 bits per heavy atom. The number of aliphatic carboxylic acids is 1. The molecule has 0 bridgehead atoms. The maximum absolute atomic E-state index is 12.9. The van der Waals surface area contributed by atoms with Crippen LogP contribution in [0.3, 0.4) is 0 Å². The number of carbonyl (C=O) groups excluding carboxylic acids is 1. The molecule has 0 aromatic heterocycles. The first-order valence-electron chi connectivity index (χ1n) is 12.3. The van der Waals surface area contributed by atoms with E-state index in [1.807, 2.05) is 54.6 Å². The van der Waals surface area contributed by atoms with Crippen molar-refractivity contribution in [2.45, 2.75) is 44.6 Å². The summed E-state index contributed by atoms with van der Waals surface area (Å²) >= 11 is 0. The van der Waals surface area contributed by atoms with E-state index in [1.165, 1.54) is 10.5 Å². The molecule has 0 saturated carbocycles. The van der Waals surface area contributed by atoms with Crippen LogP contribution in [0.15, 0.2) is 72.8 Å². The molecule has 188 valence electrons. The number of rotatable bonds is 11. The predicted octanol–water partition coefficient (Wildman–Crippen LogP) is 4.72. The van der Waals surface area contributed by atoms with Gasteiger partial charge in [0.25, 0.3) is 0 Å². The Kier molecular flexibility index (Phi) is 7.93. The van der Waals surface area contributed by atoms with Gasteiger partial charge in [0.15, 0.2) is 0 Å². The van der Waals surface area contributed by atoms with Gasteiger partial charge in [-0.05, 0) is 60.2 Å². The van der Waals surface area contributed by atoms with E-state index in [9.17, 15) is 14.7 Å². The van der Waals surface area contributed by atoms with Crippen molar-refractivity contribution in [3.05, 3.63) is 95.1 Å². The standard InChI is InChI=1S/C30H33NO5/c1-30(19-24-6-4-3-5-7-24)20-25-18-23(10-14-27(25)36-30)11-15-28(32)31(21-29(33)34)17-16-22-8-12-26(35-2)13-9-22/h3-10,12-14,18H,11,15-17,19-21H2,1-2H3,(H,33,34)/t30-/m1/s1. The van der Waals surface area contributed by atoms with Crippen LogP contribution < -0.4 is 9.47 Å². The van der Waals surface area contributed by atoms with Gasteiger partial charge < -0.3 is 19.5 Å². The number of benzene rings is 3. The number of nitrogens with zero attached hydrogens (tertiary/aromatic N) is 1. The molecule has 1 atom stereocenters. The van der Waals surface area contributed by atoms with Gasteiger partial charge in [-0.3, -0.25) is 9.59 Å². The molecular formula is C30H33NO5. The summed E-state index contributed by atoms with van der Waals surface area (Å²) < 4.78 is 11.5. The third kappa shape index (κ3) is 6.66. The Balaban J connectivity index is 1.34. The van der Waals surface area contributed by atoms with Crippen molar-refractivity contribution in [2.24, 2.45) is 0 Å². The molecule has 1 heterocycles. The van der Waals surface area contributed by atoms with E-state index in [2.05, 4.69) is 25.1 Å². The highest BCUT2D eigenvalue weighted by Crippen LogP contribution is 2.37. The molecule has 3 aromatic carbocycles. The highest BCUT2D eigenvalue weighted by atomic mass is 16.5. The summed E-state index contributed by atoms with van der Waals surface area (Å²) in [6.07, 6.45) is 3.04. The minimum Gasteiger partial charge on any atom is -0.497 e. The molecule has 1 N–H and O–H groups in total. The van der Waals surface area contributed by atoms with Crippen LogP contribution in [-0.4, -0.2) is 47.7 Å². The normalized spacial score (nSPS) is 16.2. The van der Waals surface area contributed by atoms with E-state index in [-0.39, 0.29) is 24.5 Å². The van der Waals surface area contributed by atoms with E-state index in [0.29, 0.717) is 19.4 Å². The lowest BCUT2D eigenvalue weighted by molar-refractivity contribution is -0.144. The van der Waals surface area contributed by atoms with Crippen molar-refractivity contribution in [1.82, 2.24) is 4.90 Å². The first kappa shape index (κ1) is 25.3. The van der Waals surface area contributed by atoms with Gasteiger partial charge in [-0.25, -0.2) is 0 Å². The zero-order valence-corrected chi connectivity index (χ0v) is 20.9. The van der Waals surface area contributed by atoms with E-state index in [0.717, 1.165) is 41.0 Å². The van der Waals surface area contributed by atoms with Gasteiger partial charge in [-0.15, -0.1) is 0 Å². The summed E-state index contributed by atoms with van der Waals surface area (Å²) in [7, 11) is 1.61. The van der Waals surface area contributed by atoms with Crippen molar-refractivity contribution in [1.29, 1.82) is 0 Å². The van der Waals surface area contributed by atoms with Crippen LogP contribution in [0.1, 0.15) is 35.6 Å². The van der Waals surface area contributed by atoms with E-state index >= 15 is 0 Å². The smallest absolute Gasteiger partial charge is 0.323 e. The second-order valence-corrected chi connectivity index (χ2v) is 9.64. The Morgan fingerprint density at radius 1 is 0.972 bits per heavy atom. The Morgan fingerprint density at radius 2 is 1.69 bits per heavy atom. The van der Waals surface area contributed by atoms with Crippen LogP contribution in [-0.2, 0) is 35.3 Å².